The van der Waals surface area contributed by atoms with E-state index < -0.39 is 28.4 Å². The van der Waals surface area contributed by atoms with Gasteiger partial charge in [0.15, 0.2) is 0 Å². The molecule has 1 amide bonds. The van der Waals surface area contributed by atoms with Crippen LogP contribution in [0.1, 0.15) is 10.4 Å². The van der Waals surface area contributed by atoms with Crippen molar-refractivity contribution in [3.8, 4) is 11.1 Å². The van der Waals surface area contributed by atoms with Crippen molar-refractivity contribution in [2.45, 2.75) is 4.90 Å². The maximum atomic E-state index is 13.3. The van der Waals surface area contributed by atoms with Gasteiger partial charge >= 0.3 is 5.97 Å². The topological polar surface area (TPSA) is 92.8 Å². The molecule has 7 nitrogen and oxygen atoms in total. The first-order chi connectivity index (χ1) is 14.8. The number of carbonyl (C=O) groups excluding carboxylic acids is 2. The van der Waals surface area contributed by atoms with Crippen LogP contribution in [-0.4, -0.2) is 33.9 Å². The van der Waals surface area contributed by atoms with E-state index in [0.29, 0.717) is 21.8 Å². The number of hydrogen-bond acceptors (Lipinski definition) is 5. The number of amides is 1. The van der Waals surface area contributed by atoms with Gasteiger partial charge in [0.1, 0.15) is 6.54 Å². The summed E-state index contributed by atoms with van der Waals surface area (Å²) < 4.78 is 32.4. The first-order valence-electron chi connectivity index (χ1n) is 9.22. The van der Waals surface area contributed by atoms with Crippen molar-refractivity contribution < 1.29 is 22.7 Å². The molecule has 1 heterocycles. The largest absolute Gasteiger partial charge is 0.465 e. The maximum Gasteiger partial charge on any atom is 0.339 e. The van der Waals surface area contributed by atoms with Gasteiger partial charge in [-0.05, 0) is 36.4 Å². The summed E-state index contributed by atoms with van der Waals surface area (Å²) in [5.74, 6) is -1.23. The van der Waals surface area contributed by atoms with Gasteiger partial charge < -0.3 is 10.1 Å². The quantitative estimate of drug-likeness (QED) is 0.600. The molecule has 4 rings (SSSR count). The highest BCUT2D eigenvalue weighted by Crippen LogP contribution is 2.43. The summed E-state index contributed by atoms with van der Waals surface area (Å²) in [5.41, 5.74) is 1.87. The standard InChI is InChI=1S/C22H17ClN2O5S/c1-30-22(27)16-7-2-4-8-18(16)24-21(26)13-25-19-11-10-14(23)12-17(19)15-6-3-5-9-20(15)31(25,28)29/h2-12H,13H2,1H3,(H,24,26). The molecule has 1 aliphatic rings. The number of benzene rings is 3. The number of para-hydroxylation sites is 1. The summed E-state index contributed by atoms with van der Waals surface area (Å²) in [7, 11) is -2.75. The molecule has 9 heteroatoms. The highest BCUT2D eigenvalue weighted by atomic mass is 35.5. The smallest absolute Gasteiger partial charge is 0.339 e. The van der Waals surface area contributed by atoms with E-state index in [1.165, 1.54) is 25.3 Å². The van der Waals surface area contributed by atoms with Crippen molar-refractivity contribution in [2.75, 3.05) is 23.3 Å². The van der Waals surface area contributed by atoms with Crippen LogP contribution in [0.5, 0.6) is 0 Å². The van der Waals surface area contributed by atoms with Crippen molar-refractivity contribution in [3.05, 3.63) is 77.3 Å². The highest BCUT2D eigenvalue weighted by molar-refractivity contribution is 7.93. The van der Waals surface area contributed by atoms with Gasteiger partial charge in [0.2, 0.25) is 5.91 Å². The number of sulfonamides is 1. The monoisotopic (exact) mass is 456 g/mol. The fourth-order valence-electron chi connectivity index (χ4n) is 3.47. The molecule has 0 aliphatic carbocycles. The van der Waals surface area contributed by atoms with Gasteiger partial charge in [-0.2, -0.15) is 0 Å². The maximum absolute atomic E-state index is 13.3. The molecule has 0 unspecified atom stereocenters. The van der Waals surface area contributed by atoms with Gasteiger partial charge in [-0.3, -0.25) is 9.10 Å². The molecule has 3 aromatic carbocycles. The number of ether oxygens (including phenoxy) is 1. The Morgan fingerprint density at radius 1 is 1.00 bits per heavy atom. The van der Waals surface area contributed by atoms with Crippen LogP contribution in [0.3, 0.4) is 0 Å². The van der Waals surface area contributed by atoms with Crippen molar-refractivity contribution in [1.82, 2.24) is 0 Å². The van der Waals surface area contributed by atoms with Gasteiger partial charge in [0.05, 0.1) is 28.9 Å². The summed E-state index contributed by atoms with van der Waals surface area (Å²) >= 11 is 6.14. The number of carbonyl (C=O) groups is 2. The number of nitrogens with one attached hydrogen (secondary N) is 1. The Hall–Kier alpha value is -3.36. The highest BCUT2D eigenvalue weighted by Gasteiger charge is 2.36. The molecule has 1 aliphatic heterocycles. The fraction of sp³-hybridized carbons (Fsp3) is 0.0909. The van der Waals surface area contributed by atoms with Crippen LogP contribution in [0.2, 0.25) is 5.02 Å². The van der Waals surface area contributed by atoms with E-state index in [2.05, 4.69) is 5.32 Å². The van der Waals surface area contributed by atoms with E-state index in [9.17, 15) is 18.0 Å². The SMILES string of the molecule is COC(=O)c1ccccc1NC(=O)CN1c2ccc(Cl)cc2-c2ccccc2S1(=O)=O. The van der Waals surface area contributed by atoms with Gasteiger partial charge in [0, 0.05) is 16.1 Å². The zero-order valence-electron chi connectivity index (χ0n) is 16.3. The lowest BCUT2D eigenvalue weighted by Gasteiger charge is -2.31. The second-order valence-corrected chi connectivity index (χ2v) is 9.02. The second kappa shape index (κ2) is 8.05. The molecule has 0 aromatic heterocycles. The van der Waals surface area contributed by atoms with Crippen LogP contribution in [0.25, 0.3) is 11.1 Å². The molecule has 0 spiro atoms. The van der Waals surface area contributed by atoms with Gasteiger partial charge in [-0.1, -0.05) is 41.9 Å². The predicted molar refractivity (Wildman–Crippen MR) is 118 cm³/mol. The van der Waals surface area contributed by atoms with Crippen molar-refractivity contribution >= 4 is 44.9 Å². The Bertz CT molecular complexity index is 1310. The number of nitrogens with zero attached hydrogens (tertiary/aromatic N) is 1. The Balaban J connectivity index is 1.71. The van der Waals surface area contributed by atoms with E-state index in [-0.39, 0.29) is 16.1 Å². The lowest BCUT2D eigenvalue weighted by molar-refractivity contribution is -0.114. The second-order valence-electron chi connectivity index (χ2n) is 6.75. The molecule has 0 saturated carbocycles. The third kappa shape index (κ3) is 3.75. The number of rotatable bonds is 4. The Morgan fingerprint density at radius 3 is 2.48 bits per heavy atom. The van der Waals surface area contributed by atoms with E-state index in [1.54, 1.807) is 48.5 Å². The molecule has 1 N–H and O–H groups in total. The van der Waals surface area contributed by atoms with Crippen molar-refractivity contribution in [2.24, 2.45) is 0 Å². The first kappa shape index (κ1) is 20.9. The van der Waals surface area contributed by atoms with Crippen LogP contribution >= 0.6 is 11.6 Å². The third-order valence-electron chi connectivity index (χ3n) is 4.87. The predicted octanol–water partition coefficient (Wildman–Crippen LogP) is 3.94. The molecular weight excluding hydrogens is 440 g/mol. The van der Waals surface area contributed by atoms with Crippen LogP contribution in [0.4, 0.5) is 11.4 Å². The van der Waals surface area contributed by atoms with Crippen LogP contribution in [0.15, 0.2) is 71.6 Å². The van der Waals surface area contributed by atoms with Crippen LogP contribution < -0.4 is 9.62 Å². The molecule has 158 valence electrons. The van der Waals surface area contributed by atoms with E-state index in [0.717, 1.165) is 4.31 Å². The Labute approximate surface area is 184 Å². The van der Waals surface area contributed by atoms with Gasteiger partial charge in [-0.25, -0.2) is 13.2 Å². The summed E-state index contributed by atoms with van der Waals surface area (Å²) in [5, 5.41) is 3.05. The molecule has 0 radical (unpaired) electrons. The third-order valence-corrected chi connectivity index (χ3v) is 6.92. The van der Waals surface area contributed by atoms with E-state index in [1.807, 2.05) is 0 Å². The van der Waals surface area contributed by atoms with E-state index in [4.69, 9.17) is 16.3 Å². The Kier molecular flexibility index (Phi) is 5.43. The molecule has 0 bridgehead atoms. The summed E-state index contributed by atoms with van der Waals surface area (Å²) in [6.45, 7) is -0.485. The van der Waals surface area contributed by atoms with Crippen LogP contribution in [-0.2, 0) is 19.6 Å². The summed E-state index contributed by atoms with van der Waals surface area (Å²) in [6.07, 6.45) is 0. The minimum absolute atomic E-state index is 0.0903. The normalized spacial score (nSPS) is 13.7. The zero-order chi connectivity index (χ0) is 22.2. The van der Waals surface area contributed by atoms with Gasteiger partial charge in [-0.15, -0.1) is 0 Å². The number of fused-ring (bicyclic) bond motifs is 3. The summed E-state index contributed by atoms with van der Waals surface area (Å²) in [6, 6.07) is 17.7. The lowest BCUT2D eigenvalue weighted by Crippen LogP contribution is -2.40. The zero-order valence-corrected chi connectivity index (χ0v) is 17.9. The molecule has 0 fully saturated rings. The number of methoxy groups -OCH3 is 1. The van der Waals surface area contributed by atoms with Crippen molar-refractivity contribution in [1.29, 1.82) is 0 Å². The average Bonchev–Trinajstić information content (AvgIpc) is 2.77. The molecule has 0 atom stereocenters. The Morgan fingerprint density at radius 2 is 1.71 bits per heavy atom. The number of anilines is 2. The van der Waals surface area contributed by atoms with Gasteiger partial charge in [0.25, 0.3) is 10.0 Å². The molecule has 0 saturated heterocycles. The minimum atomic E-state index is -3.99. The first-order valence-corrected chi connectivity index (χ1v) is 11.0. The van der Waals surface area contributed by atoms with E-state index >= 15 is 0 Å². The minimum Gasteiger partial charge on any atom is -0.465 e. The fourth-order valence-corrected chi connectivity index (χ4v) is 5.30. The molecule has 3 aromatic rings. The number of esters is 1. The molecular formula is C22H17ClN2O5S. The number of hydrogen-bond donors (Lipinski definition) is 1. The summed E-state index contributed by atoms with van der Waals surface area (Å²) in [4.78, 5) is 24.9. The van der Waals surface area contributed by atoms with Crippen molar-refractivity contribution in [3.63, 3.8) is 0 Å². The lowest BCUT2D eigenvalue weighted by atomic mass is 10.0. The van der Waals surface area contributed by atoms with Crippen LogP contribution in [0, 0.1) is 0 Å². The number of halogens is 1. The molecule has 31 heavy (non-hydrogen) atoms. The average molecular weight is 457 g/mol.